The van der Waals surface area contributed by atoms with Crippen LogP contribution in [-0.4, -0.2) is 31.4 Å². The van der Waals surface area contributed by atoms with Gasteiger partial charge in [-0.2, -0.15) is 0 Å². The number of benzene rings is 2. The topological polar surface area (TPSA) is 59.6 Å². The van der Waals surface area contributed by atoms with E-state index in [0.717, 1.165) is 25.5 Å². The molecule has 1 aliphatic rings. The summed E-state index contributed by atoms with van der Waals surface area (Å²) in [6, 6.07) is 10.4. The predicted octanol–water partition coefficient (Wildman–Crippen LogP) is 6.62. The van der Waals surface area contributed by atoms with Crippen LogP contribution in [0.3, 0.4) is 0 Å². The lowest BCUT2D eigenvalue weighted by Gasteiger charge is -2.28. The van der Waals surface area contributed by atoms with Crippen LogP contribution in [0, 0.1) is 24.0 Å². The number of aryl methyl sites for hydroxylation is 1. The number of fused-ring (bicyclic) bond motifs is 1. The quantitative estimate of drug-likeness (QED) is 0.434. The van der Waals surface area contributed by atoms with Gasteiger partial charge in [0.15, 0.2) is 0 Å². The van der Waals surface area contributed by atoms with Gasteiger partial charge in [0.1, 0.15) is 17.2 Å². The van der Waals surface area contributed by atoms with E-state index < -0.39 is 17.2 Å². The summed E-state index contributed by atoms with van der Waals surface area (Å²) in [5, 5.41) is 6.37. The van der Waals surface area contributed by atoms with Gasteiger partial charge in [0.05, 0.1) is 19.3 Å². The second kappa shape index (κ2) is 13.2. The van der Waals surface area contributed by atoms with E-state index in [9.17, 15) is 13.6 Å². The van der Waals surface area contributed by atoms with Crippen LogP contribution in [0.4, 0.5) is 13.6 Å². The number of rotatable bonds is 6. The zero-order valence-electron chi connectivity index (χ0n) is 22.8. The molecule has 2 aromatic carbocycles. The van der Waals surface area contributed by atoms with E-state index in [-0.39, 0.29) is 17.6 Å². The van der Waals surface area contributed by atoms with Gasteiger partial charge in [0, 0.05) is 12.6 Å². The maximum atomic E-state index is 12.2. The fourth-order valence-corrected chi connectivity index (χ4v) is 3.93. The average molecular weight is 505 g/mol. The van der Waals surface area contributed by atoms with Crippen molar-refractivity contribution in [2.24, 2.45) is 5.41 Å². The first kappa shape index (κ1) is 29.7. The summed E-state index contributed by atoms with van der Waals surface area (Å²) in [5.41, 5.74) is 4.41. The van der Waals surface area contributed by atoms with Gasteiger partial charge in [-0.3, -0.25) is 0 Å². The molecule has 36 heavy (non-hydrogen) atoms. The standard InChI is InChI=1S/C22H36N2O3.C7H6F2/c1-21(2,3)13-16-8-9-17-14-26-15-19(18(17)12-16)23-10-7-11-24-20(25)27-22(4,5)6;1-5-2-6(8)4-7(9)3-5/h8-9,12,19,23H,7,10-11,13-15H2,1-6H3,(H,24,25);2-4H,1H3. The molecule has 7 heteroatoms. The van der Waals surface area contributed by atoms with Crippen LogP contribution in [0.5, 0.6) is 0 Å². The molecule has 1 aliphatic heterocycles. The predicted molar refractivity (Wildman–Crippen MR) is 140 cm³/mol. The molecule has 200 valence electrons. The summed E-state index contributed by atoms with van der Waals surface area (Å²) in [6.07, 6.45) is 1.54. The molecular weight excluding hydrogens is 462 g/mol. The summed E-state index contributed by atoms with van der Waals surface area (Å²) in [7, 11) is 0. The van der Waals surface area contributed by atoms with Crippen molar-refractivity contribution in [2.75, 3.05) is 19.7 Å². The van der Waals surface area contributed by atoms with Crippen molar-refractivity contribution in [1.29, 1.82) is 0 Å². The first-order chi connectivity index (χ1) is 16.7. The Labute approximate surface area is 215 Å². The Hall–Kier alpha value is -2.51. The summed E-state index contributed by atoms with van der Waals surface area (Å²) in [6.45, 7) is 16.8. The van der Waals surface area contributed by atoms with E-state index in [0.29, 0.717) is 25.3 Å². The summed E-state index contributed by atoms with van der Waals surface area (Å²) < 4.78 is 35.4. The van der Waals surface area contributed by atoms with Crippen molar-refractivity contribution in [3.05, 3.63) is 70.3 Å². The van der Waals surface area contributed by atoms with E-state index in [1.807, 2.05) is 20.8 Å². The lowest BCUT2D eigenvalue weighted by atomic mass is 9.86. The second-order valence-corrected chi connectivity index (χ2v) is 11.5. The maximum absolute atomic E-state index is 12.2. The minimum absolute atomic E-state index is 0.204. The zero-order valence-corrected chi connectivity index (χ0v) is 22.8. The molecule has 1 unspecified atom stereocenters. The van der Waals surface area contributed by atoms with Crippen molar-refractivity contribution in [1.82, 2.24) is 10.6 Å². The minimum Gasteiger partial charge on any atom is -0.444 e. The SMILES string of the molecule is CC(C)(C)Cc1ccc2c(c1)C(NCCCNC(=O)OC(C)(C)C)COC2.Cc1cc(F)cc(F)c1. The smallest absolute Gasteiger partial charge is 0.407 e. The molecule has 0 aliphatic carbocycles. The Morgan fingerprint density at radius 1 is 1.03 bits per heavy atom. The van der Waals surface area contributed by atoms with Gasteiger partial charge in [-0.15, -0.1) is 0 Å². The molecular formula is C29H42F2N2O3. The van der Waals surface area contributed by atoms with Crippen molar-refractivity contribution in [3.63, 3.8) is 0 Å². The summed E-state index contributed by atoms with van der Waals surface area (Å²) in [5.74, 6) is -1.04. The zero-order chi connectivity index (χ0) is 26.9. The van der Waals surface area contributed by atoms with Gasteiger partial charge < -0.3 is 20.1 Å². The van der Waals surface area contributed by atoms with Gasteiger partial charge in [0.25, 0.3) is 0 Å². The monoisotopic (exact) mass is 504 g/mol. The van der Waals surface area contributed by atoms with Crippen LogP contribution in [0.15, 0.2) is 36.4 Å². The first-order valence-electron chi connectivity index (χ1n) is 12.5. The Morgan fingerprint density at radius 3 is 2.28 bits per heavy atom. The molecule has 0 saturated heterocycles. The molecule has 0 aromatic heterocycles. The van der Waals surface area contributed by atoms with E-state index in [1.54, 1.807) is 6.92 Å². The average Bonchev–Trinajstić information content (AvgIpc) is 2.70. The highest BCUT2D eigenvalue weighted by Crippen LogP contribution is 2.28. The largest absolute Gasteiger partial charge is 0.444 e. The summed E-state index contributed by atoms with van der Waals surface area (Å²) >= 11 is 0. The lowest BCUT2D eigenvalue weighted by Crippen LogP contribution is -2.35. The first-order valence-corrected chi connectivity index (χ1v) is 12.5. The summed E-state index contributed by atoms with van der Waals surface area (Å²) in [4.78, 5) is 11.7. The fraction of sp³-hybridized carbons (Fsp3) is 0.552. The second-order valence-electron chi connectivity index (χ2n) is 11.5. The van der Waals surface area contributed by atoms with Gasteiger partial charge >= 0.3 is 6.09 Å². The number of halogens is 2. The van der Waals surface area contributed by atoms with Crippen LogP contribution in [-0.2, 0) is 22.5 Å². The van der Waals surface area contributed by atoms with E-state index in [4.69, 9.17) is 9.47 Å². The molecule has 0 radical (unpaired) electrons. The molecule has 3 rings (SSSR count). The van der Waals surface area contributed by atoms with E-state index in [2.05, 4.69) is 49.6 Å². The van der Waals surface area contributed by atoms with Crippen molar-refractivity contribution in [2.45, 2.75) is 79.6 Å². The van der Waals surface area contributed by atoms with Crippen LogP contribution >= 0.6 is 0 Å². The van der Waals surface area contributed by atoms with Crippen LogP contribution in [0.2, 0.25) is 0 Å². The number of carbonyl (C=O) groups is 1. The molecule has 1 heterocycles. The number of amides is 1. The Bertz CT molecular complexity index is 947. The molecule has 0 fully saturated rings. The third kappa shape index (κ3) is 11.5. The Morgan fingerprint density at radius 2 is 1.69 bits per heavy atom. The van der Waals surface area contributed by atoms with Crippen LogP contribution in [0.1, 0.15) is 76.3 Å². The highest BCUT2D eigenvalue weighted by atomic mass is 19.1. The number of carbonyl (C=O) groups excluding carboxylic acids is 1. The van der Waals surface area contributed by atoms with Crippen molar-refractivity contribution < 1.29 is 23.0 Å². The maximum Gasteiger partial charge on any atom is 0.407 e. The molecule has 5 nitrogen and oxygen atoms in total. The highest BCUT2D eigenvalue weighted by Gasteiger charge is 2.22. The van der Waals surface area contributed by atoms with Gasteiger partial charge in [0.2, 0.25) is 0 Å². The fourth-order valence-electron chi connectivity index (χ4n) is 3.93. The third-order valence-electron chi connectivity index (χ3n) is 5.28. The number of nitrogens with one attached hydrogen (secondary N) is 2. The van der Waals surface area contributed by atoms with E-state index >= 15 is 0 Å². The molecule has 2 N–H and O–H groups in total. The number of alkyl carbamates (subject to hydrolysis) is 1. The number of hydrogen-bond acceptors (Lipinski definition) is 4. The molecule has 1 atom stereocenters. The minimum atomic E-state index is -0.521. The van der Waals surface area contributed by atoms with Crippen LogP contribution < -0.4 is 10.6 Å². The molecule has 2 aromatic rings. The molecule has 0 spiro atoms. The van der Waals surface area contributed by atoms with E-state index in [1.165, 1.54) is 28.8 Å². The van der Waals surface area contributed by atoms with Crippen molar-refractivity contribution in [3.8, 4) is 0 Å². The normalized spacial score (nSPS) is 15.4. The highest BCUT2D eigenvalue weighted by molar-refractivity contribution is 5.67. The van der Waals surface area contributed by atoms with Gasteiger partial charge in [-0.1, -0.05) is 39.0 Å². The molecule has 1 amide bonds. The Balaban J connectivity index is 0.000000425. The number of ether oxygens (including phenoxy) is 2. The molecule has 0 bridgehead atoms. The van der Waals surface area contributed by atoms with Gasteiger partial charge in [-0.05, 0) is 86.9 Å². The van der Waals surface area contributed by atoms with Crippen LogP contribution in [0.25, 0.3) is 0 Å². The molecule has 0 saturated carbocycles. The van der Waals surface area contributed by atoms with Gasteiger partial charge in [-0.25, -0.2) is 13.6 Å². The lowest BCUT2D eigenvalue weighted by molar-refractivity contribution is 0.0526. The number of hydrogen-bond donors (Lipinski definition) is 2. The Kier molecular flexibility index (Phi) is 10.9. The third-order valence-corrected chi connectivity index (χ3v) is 5.28. The van der Waals surface area contributed by atoms with Crippen molar-refractivity contribution >= 4 is 6.09 Å².